The van der Waals surface area contributed by atoms with E-state index in [2.05, 4.69) is 20.3 Å². The fourth-order valence-electron chi connectivity index (χ4n) is 2.56. The first-order chi connectivity index (χ1) is 11.8. The molecule has 0 atom stereocenters. The van der Waals surface area contributed by atoms with Crippen molar-refractivity contribution in [2.24, 2.45) is 0 Å². The molecule has 0 spiro atoms. The third-order valence-corrected chi connectivity index (χ3v) is 3.81. The van der Waals surface area contributed by atoms with Crippen molar-refractivity contribution < 1.29 is 4.74 Å². The summed E-state index contributed by atoms with van der Waals surface area (Å²) in [5.41, 5.74) is 4.02. The Bertz CT molecular complexity index is 993. The molecule has 0 fully saturated rings. The van der Waals surface area contributed by atoms with E-state index in [1.54, 1.807) is 11.8 Å². The molecule has 0 bridgehead atoms. The van der Waals surface area contributed by atoms with Crippen molar-refractivity contribution in [3.63, 3.8) is 0 Å². The van der Waals surface area contributed by atoms with Crippen molar-refractivity contribution >= 4 is 11.2 Å². The maximum Gasteiger partial charge on any atom is 0.204 e. The highest BCUT2D eigenvalue weighted by molar-refractivity contribution is 5.76. The van der Waals surface area contributed by atoms with E-state index in [9.17, 15) is 0 Å². The van der Waals surface area contributed by atoms with E-state index in [4.69, 9.17) is 4.74 Å². The first-order valence-corrected chi connectivity index (χ1v) is 7.56. The predicted molar refractivity (Wildman–Crippen MR) is 91.2 cm³/mol. The molecular formula is C18H15N5O. The van der Waals surface area contributed by atoms with Crippen molar-refractivity contribution in [2.75, 3.05) is 7.11 Å². The maximum absolute atomic E-state index is 5.19. The van der Waals surface area contributed by atoms with Gasteiger partial charge in [0.15, 0.2) is 5.82 Å². The second kappa shape index (κ2) is 5.73. The van der Waals surface area contributed by atoms with Gasteiger partial charge in [-0.3, -0.25) is 0 Å². The predicted octanol–water partition coefficient (Wildman–Crippen LogP) is 3.19. The molecule has 0 unspecified atom stereocenters. The molecule has 0 amide bonds. The normalized spacial score (nSPS) is 10.9. The van der Waals surface area contributed by atoms with Crippen molar-refractivity contribution in [3.05, 3.63) is 60.3 Å². The molecule has 118 valence electrons. The van der Waals surface area contributed by atoms with Crippen LogP contribution in [-0.4, -0.2) is 32.1 Å². The average Bonchev–Trinajstić information content (AvgIpc) is 2.99. The second-order valence-electron chi connectivity index (χ2n) is 5.37. The van der Waals surface area contributed by atoms with E-state index in [0.29, 0.717) is 11.5 Å². The fraction of sp³-hybridized carbons (Fsp3) is 0.111. The molecule has 0 radical (unpaired) electrons. The minimum atomic E-state index is 0.598. The van der Waals surface area contributed by atoms with E-state index in [0.717, 1.165) is 28.2 Å². The molecule has 6 nitrogen and oxygen atoms in total. The van der Waals surface area contributed by atoms with Crippen LogP contribution < -0.4 is 4.74 Å². The lowest BCUT2D eigenvalue weighted by Gasteiger charge is -2.04. The lowest BCUT2D eigenvalue weighted by atomic mass is 10.2. The first-order valence-electron chi connectivity index (χ1n) is 7.56. The number of benzene rings is 2. The zero-order chi connectivity index (χ0) is 16.5. The SMILES string of the molecule is COc1ccc(-n2nc(C)c3nc(-c4ccccc4)nnc32)cc1. The topological polar surface area (TPSA) is 65.7 Å². The molecular weight excluding hydrogens is 302 g/mol. The average molecular weight is 317 g/mol. The number of aryl methyl sites for hydroxylation is 1. The van der Waals surface area contributed by atoms with Crippen LogP contribution in [0.4, 0.5) is 0 Å². The zero-order valence-electron chi connectivity index (χ0n) is 13.3. The third kappa shape index (κ3) is 2.38. The summed E-state index contributed by atoms with van der Waals surface area (Å²) in [4.78, 5) is 4.64. The maximum atomic E-state index is 5.19. The summed E-state index contributed by atoms with van der Waals surface area (Å²) in [6.45, 7) is 1.92. The van der Waals surface area contributed by atoms with Crippen LogP contribution in [0, 0.1) is 6.92 Å². The van der Waals surface area contributed by atoms with E-state index in [-0.39, 0.29) is 0 Å². The van der Waals surface area contributed by atoms with Gasteiger partial charge < -0.3 is 4.74 Å². The quantitative estimate of drug-likeness (QED) is 0.580. The fourth-order valence-corrected chi connectivity index (χ4v) is 2.56. The number of methoxy groups -OCH3 is 1. The van der Waals surface area contributed by atoms with E-state index in [1.165, 1.54) is 0 Å². The van der Waals surface area contributed by atoms with Crippen LogP contribution in [0.1, 0.15) is 5.69 Å². The Balaban J connectivity index is 1.84. The number of rotatable bonds is 3. The van der Waals surface area contributed by atoms with Gasteiger partial charge in [-0.25, -0.2) is 9.67 Å². The molecule has 24 heavy (non-hydrogen) atoms. The van der Waals surface area contributed by atoms with Crippen molar-refractivity contribution in [3.8, 4) is 22.8 Å². The minimum Gasteiger partial charge on any atom is -0.497 e. The Labute approximate surface area is 138 Å². The summed E-state index contributed by atoms with van der Waals surface area (Å²) < 4.78 is 6.94. The second-order valence-corrected chi connectivity index (χ2v) is 5.37. The van der Waals surface area contributed by atoms with Gasteiger partial charge in [-0.1, -0.05) is 30.3 Å². The monoisotopic (exact) mass is 317 g/mol. The molecule has 4 rings (SSSR count). The summed E-state index contributed by atoms with van der Waals surface area (Å²) in [5, 5.41) is 13.2. The van der Waals surface area contributed by atoms with E-state index < -0.39 is 0 Å². The summed E-state index contributed by atoms with van der Waals surface area (Å²) in [6, 6.07) is 17.4. The van der Waals surface area contributed by atoms with Crippen LogP contribution in [0.15, 0.2) is 54.6 Å². The van der Waals surface area contributed by atoms with Crippen LogP contribution in [0.5, 0.6) is 5.75 Å². The Hall–Kier alpha value is -3.28. The van der Waals surface area contributed by atoms with Crippen LogP contribution in [0.2, 0.25) is 0 Å². The van der Waals surface area contributed by atoms with Gasteiger partial charge in [0.05, 0.1) is 18.5 Å². The molecule has 0 aliphatic carbocycles. The van der Waals surface area contributed by atoms with Crippen molar-refractivity contribution in [1.82, 2.24) is 25.0 Å². The van der Waals surface area contributed by atoms with Crippen molar-refractivity contribution in [2.45, 2.75) is 6.92 Å². The van der Waals surface area contributed by atoms with Crippen LogP contribution in [-0.2, 0) is 0 Å². The minimum absolute atomic E-state index is 0.598. The molecule has 0 aliphatic rings. The van der Waals surface area contributed by atoms with Crippen molar-refractivity contribution in [1.29, 1.82) is 0 Å². The van der Waals surface area contributed by atoms with Gasteiger partial charge in [-0.15, -0.1) is 10.2 Å². The van der Waals surface area contributed by atoms with Gasteiger partial charge in [-0.05, 0) is 31.2 Å². The molecule has 2 aromatic heterocycles. The van der Waals surface area contributed by atoms with Gasteiger partial charge in [-0.2, -0.15) is 5.10 Å². The Morgan fingerprint density at radius 3 is 2.38 bits per heavy atom. The van der Waals surface area contributed by atoms with E-state index in [1.807, 2.05) is 61.5 Å². The Morgan fingerprint density at radius 1 is 0.917 bits per heavy atom. The lowest BCUT2D eigenvalue weighted by Crippen LogP contribution is -2.00. The number of nitrogens with zero attached hydrogens (tertiary/aromatic N) is 5. The summed E-state index contributed by atoms with van der Waals surface area (Å²) >= 11 is 0. The summed E-state index contributed by atoms with van der Waals surface area (Å²) in [7, 11) is 1.64. The third-order valence-electron chi connectivity index (χ3n) is 3.81. The van der Waals surface area contributed by atoms with Gasteiger partial charge in [0, 0.05) is 5.56 Å². The van der Waals surface area contributed by atoms with Crippen LogP contribution >= 0.6 is 0 Å². The van der Waals surface area contributed by atoms with Gasteiger partial charge in [0.1, 0.15) is 11.3 Å². The Kier molecular flexibility index (Phi) is 3.42. The molecule has 6 heteroatoms. The summed E-state index contributed by atoms with van der Waals surface area (Å²) in [5.74, 6) is 1.39. The summed E-state index contributed by atoms with van der Waals surface area (Å²) in [6.07, 6.45) is 0. The molecule has 0 saturated heterocycles. The highest BCUT2D eigenvalue weighted by Gasteiger charge is 2.14. The largest absolute Gasteiger partial charge is 0.497 e. The number of hydrogen-bond donors (Lipinski definition) is 0. The molecule has 0 saturated carbocycles. The molecule has 2 aromatic carbocycles. The standard InChI is InChI=1S/C18H15N5O/c1-12-16-18(21-20-17(19-16)13-6-4-3-5-7-13)23(22-12)14-8-10-15(24-2)11-9-14/h3-11H,1-2H3. The number of ether oxygens (including phenoxy) is 1. The number of fused-ring (bicyclic) bond motifs is 1. The van der Waals surface area contributed by atoms with Gasteiger partial charge in [0.2, 0.25) is 5.65 Å². The van der Waals surface area contributed by atoms with Gasteiger partial charge >= 0.3 is 0 Å². The first kappa shape index (κ1) is 14.3. The van der Waals surface area contributed by atoms with E-state index >= 15 is 0 Å². The highest BCUT2D eigenvalue weighted by atomic mass is 16.5. The molecule has 0 aliphatic heterocycles. The lowest BCUT2D eigenvalue weighted by molar-refractivity contribution is 0.414. The van der Waals surface area contributed by atoms with Crippen LogP contribution in [0.3, 0.4) is 0 Å². The molecule has 4 aromatic rings. The van der Waals surface area contributed by atoms with Gasteiger partial charge in [0.25, 0.3) is 0 Å². The highest BCUT2D eigenvalue weighted by Crippen LogP contribution is 2.22. The molecule has 2 heterocycles. The zero-order valence-corrected chi connectivity index (χ0v) is 13.3. The number of hydrogen-bond acceptors (Lipinski definition) is 5. The Morgan fingerprint density at radius 2 is 1.67 bits per heavy atom. The van der Waals surface area contributed by atoms with Crippen LogP contribution in [0.25, 0.3) is 28.2 Å². The smallest absolute Gasteiger partial charge is 0.204 e. The number of aromatic nitrogens is 5. The molecule has 0 N–H and O–H groups in total.